The standard InChI is InChI=1S/C15H16N2OS/c1-9-3-6-12(10(2)7-9)13-8-19-15(16-13)17-14(18)11-4-5-11/h3,6-8,11H,4-5H2,1-2H3,(H,16,17,18). The molecule has 1 aliphatic rings. The number of carbonyl (C=O) groups excluding carboxylic acids is 1. The first-order valence-corrected chi connectivity index (χ1v) is 7.35. The van der Waals surface area contributed by atoms with Crippen LogP contribution >= 0.6 is 11.3 Å². The van der Waals surface area contributed by atoms with Gasteiger partial charge in [-0.3, -0.25) is 4.79 Å². The van der Waals surface area contributed by atoms with Crippen molar-refractivity contribution in [3.05, 3.63) is 34.7 Å². The van der Waals surface area contributed by atoms with E-state index in [2.05, 4.69) is 42.3 Å². The molecule has 1 aliphatic carbocycles. The van der Waals surface area contributed by atoms with Gasteiger partial charge in [-0.05, 0) is 32.3 Å². The van der Waals surface area contributed by atoms with E-state index in [1.165, 1.54) is 22.5 Å². The van der Waals surface area contributed by atoms with E-state index in [9.17, 15) is 4.79 Å². The molecule has 98 valence electrons. The zero-order valence-corrected chi connectivity index (χ0v) is 11.9. The minimum absolute atomic E-state index is 0.113. The van der Waals surface area contributed by atoms with E-state index in [1.54, 1.807) is 0 Å². The van der Waals surface area contributed by atoms with Crippen LogP contribution < -0.4 is 5.32 Å². The zero-order chi connectivity index (χ0) is 13.4. The fourth-order valence-electron chi connectivity index (χ4n) is 2.11. The lowest BCUT2D eigenvalue weighted by molar-refractivity contribution is -0.117. The molecule has 1 saturated carbocycles. The van der Waals surface area contributed by atoms with Crippen LogP contribution in [0.2, 0.25) is 0 Å². The molecule has 0 aliphatic heterocycles. The molecule has 0 saturated heterocycles. The van der Waals surface area contributed by atoms with Gasteiger partial charge in [0.2, 0.25) is 5.91 Å². The lowest BCUT2D eigenvalue weighted by Gasteiger charge is -2.03. The Labute approximate surface area is 116 Å². The van der Waals surface area contributed by atoms with Gasteiger partial charge in [0.1, 0.15) is 0 Å². The van der Waals surface area contributed by atoms with Gasteiger partial charge in [0.15, 0.2) is 5.13 Å². The lowest BCUT2D eigenvalue weighted by atomic mass is 10.0. The summed E-state index contributed by atoms with van der Waals surface area (Å²) < 4.78 is 0. The fourth-order valence-corrected chi connectivity index (χ4v) is 2.82. The Morgan fingerprint density at radius 2 is 2.16 bits per heavy atom. The maximum absolute atomic E-state index is 11.7. The van der Waals surface area contributed by atoms with E-state index >= 15 is 0 Å². The van der Waals surface area contributed by atoms with Crippen LogP contribution in [-0.4, -0.2) is 10.9 Å². The quantitative estimate of drug-likeness (QED) is 0.924. The molecule has 2 aromatic rings. The van der Waals surface area contributed by atoms with Crippen molar-refractivity contribution < 1.29 is 4.79 Å². The molecule has 1 aromatic carbocycles. The second-order valence-corrected chi connectivity index (χ2v) is 5.98. The van der Waals surface area contributed by atoms with Crippen molar-refractivity contribution in [3.8, 4) is 11.3 Å². The molecule has 1 amide bonds. The number of amides is 1. The van der Waals surface area contributed by atoms with Crippen molar-refractivity contribution in [3.63, 3.8) is 0 Å². The van der Waals surface area contributed by atoms with Crippen LogP contribution in [0, 0.1) is 19.8 Å². The second kappa shape index (κ2) is 4.78. The molecule has 0 bridgehead atoms. The van der Waals surface area contributed by atoms with Gasteiger partial charge in [0, 0.05) is 16.9 Å². The summed E-state index contributed by atoms with van der Waals surface area (Å²) in [5.74, 6) is 0.329. The molecule has 1 fully saturated rings. The average molecular weight is 272 g/mol. The van der Waals surface area contributed by atoms with Gasteiger partial charge in [-0.1, -0.05) is 23.8 Å². The molecule has 3 rings (SSSR count). The number of nitrogens with zero attached hydrogens (tertiary/aromatic N) is 1. The van der Waals surface area contributed by atoms with E-state index in [-0.39, 0.29) is 11.8 Å². The molecule has 3 nitrogen and oxygen atoms in total. The van der Waals surface area contributed by atoms with Crippen LogP contribution in [0.1, 0.15) is 24.0 Å². The highest BCUT2D eigenvalue weighted by Gasteiger charge is 2.30. The molecule has 1 heterocycles. The molecule has 1 aromatic heterocycles. The Bertz CT molecular complexity index is 629. The summed E-state index contributed by atoms with van der Waals surface area (Å²) in [6.45, 7) is 4.17. The van der Waals surface area contributed by atoms with E-state index in [1.807, 2.05) is 5.38 Å². The number of anilines is 1. The van der Waals surface area contributed by atoms with Crippen molar-refractivity contribution in [2.24, 2.45) is 5.92 Å². The highest BCUT2D eigenvalue weighted by molar-refractivity contribution is 7.14. The molecule has 1 N–H and O–H groups in total. The van der Waals surface area contributed by atoms with E-state index in [0.717, 1.165) is 24.1 Å². The number of hydrogen-bond acceptors (Lipinski definition) is 3. The van der Waals surface area contributed by atoms with Crippen molar-refractivity contribution >= 4 is 22.4 Å². The number of benzene rings is 1. The molecule has 4 heteroatoms. The number of nitrogens with one attached hydrogen (secondary N) is 1. The molecule has 0 unspecified atom stereocenters. The maximum atomic E-state index is 11.7. The Hall–Kier alpha value is -1.68. The van der Waals surface area contributed by atoms with Gasteiger partial charge in [-0.15, -0.1) is 11.3 Å². The number of aryl methyl sites for hydroxylation is 2. The van der Waals surface area contributed by atoms with E-state index in [0.29, 0.717) is 5.13 Å². The molecular formula is C15H16N2OS. The highest BCUT2D eigenvalue weighted by Crippen LogP contribution is 2.32. The number of rotatable bonds is 3. The average Bonchev–Trinajstić information content (AvgIpc) is 3.11. The van der Waals surface area contributed by atoms with Gasteiger partial charge in [-0.2, -0.15) is 0 Å². The maximum Gasteiger partial charge on any atom is 0.229 e. The summed E-state index contributed by atoms with van der Waals surface area (Å²) in [7, 11) is 0. The van der Waals surface area contributed by atoms with E-state index < -0.39 is 0 Å². The van der Waals surface area contributed by atoms with Gasteiger partial charge in [0.05, 0.1) is 5.69 Å². The summed E-state index contributed by atoms with van der Waals surface area (Å²) >= 11 is 1.49. The van der Waals surface area contributed by atoms with Crippen LogP contribution in [0.5, 0.6) is 0 Å². The molecule has 0 atom stereocenters. The van der Waals surface area contributed by atoms with Crippen LogP contribution in [0.25, 0.3) is 11.3 Å². The van der Waals surface area contributed by atoms with Crippen LogP contribution in [0.3, 0.4) is 0 Å². The number of hydrogen-bond donors (Lipinski definition) is 1. The summed E-state index contributed by atoms with van der Waals surface area (Å²) in [5, 5.41) is 5.59. The van der Waals surface area contributed by atoms with Gasteiger partial charge in [-0.25, -0.2) is 4.98 Å². The summed E-state index contributed by atoms with van der Waals surface area (Å²) in [5.41, 5.74) is 4.53. The third-order valence-electron chi connectivity index (χ3n) is 3.34. The predicted molar refractivity (Wildman–Crippen MR) is 78.4 cm³/mol. The smallest absolute Gasteiger partial charge is 0.229 e. The molecule has 0 radical (unpaired) electrons. The fraction of sp³-hybridized carbons (Fsp3) is 0.333. The Morgan fingerprint density at radius 3 is 2.84 bits per heavy atom. The van der Waals surface area contributed by atoms with Crippen molar-refractivity contribution in [2.45, 2.75) is 26.7 Å². The largest absolute Gasteiger partial charge is 0.302 e. The third kappa shape index (κ3) is 2.68. The molecular weight excluding hydrogens is 256 g/mol. The topological polar surface area (TPSA) is 42.0 Å². The number of aromatic nitrogens is 1. The van der Waals surface area contributed by atoms with Crippen LogP contribution in [0.4, 0.5) is 5.13 Å². The van der Waals surface area contributed by atoms with E-state index in [4.69, 9.17) is 0 Å². The third-order valence-corrected chi connectivity index (χ3v) is 4.10. The second-order valence-electron chi connectivity index (χ2n) is 5.12. The van der Waals surface area contributed by atoms with Gasteiger partial charge >= 0.3 is 0 Å². The van der Waals surface area contributed by atoms with Crippen LogP contribution in [-0.2, 0) is 4.79 Å². The van der Waals surface area contributed by atoms with Crippen molar-refractivity contribution in [1.82, 2.24) is 4.98 Å². The predicted octanol–water partition coefficient (Wildman–Crippen LogP) is 3.78. The minimum atomic E-state index is 0.113. The first-order valence-electron chi connectivity index (χ1n) is 6.47. The van der Waals surface area contributed by atoms with Crippen molar-refractivity contribution in [1.29, 1.82) is 0 Å². The summed E-state index contributed by atoms with van der Waals surface area (Å²) in [4.78, 5) is 16.2. The monoisotopic (exact) mass is 272 g/mol. The van der Waals surface area contributed by atoms with Crippen LogP contribution in [0.15, 0.2) is 23.6 Å². The zero-order valence-electron chi connectivity index (χ0n) is 11.1. The summed E-state index contributed by atoms with van der Waals surface area (Å²) in [6, 6.07) is 6.33. The lowest BCUT2D eigenvalue weighted by Crippen LogP contribution is -2.12. The SMILES string of the molecule is Cc1ccc(-c2csc(NC(=O)C3CC3)n2)c(C)c1. The Kier molecular flexibility index (Phi) is 3.11. The Morgan fingerprint density at radius 1 is 1.37 bits per heavy atom. The van der Waals surface area contributed by atoms with Gasteiger partial charge < -0.3 is 5.32 Å². The summed E-state index contributed by atoms with van der Waals surface area (Å²) in [6.07, 6.45) is 2.03. The first kappa shape index (κ1) is 12.4. The van der Waals surface area contributed by atoms with Gasteiger partial charge in [0.25, 0.3) is 0 Å². The first-order chi connectivity index (χ1) is 9.13. The highest BCUT2D eigenvalue weighted by atomic mass is 32.1. The minimum Gasteiger partial charge on any atom is -0.302 e. The number of thiazole rings is 1. The molecule has 19 heavy (non-hydrogen) atoms. The van der Waals surface area contributed by atoms with Crippen molar-refractivity contribution in [2.75, 3.05) is 5.32 Å². The Balaban J connectivity index is 1.81. The molecule has 0 spiro atoms. The normalized spacial score (nSPS) is 14.4. The number of carbonyl (C=O) groups is 1.